The molecule has 0 bridgehead atoms. The molecule has 0 radical (unpaired) electrons. The molecule has 0 aromatic heterocycles. The molecule has 0 aliphatic heterocycles. The van der Waals surface area contributed by atoms with Crippen LogP contribution in [-0.4, -0.2) is 4.92 Å². The molecule has 0 heterocycles. The molecule has 6 nitrogen and oxygen atoms in total. The van der Waals surface area contributed by atoms with Crippen LogP contribution >= 0.6 is 0 Å². The fourth-order valence-corrected chi connectivity index (χ4v) is 1.93. The first-order chi connectivity index (χ1) is 9.54. The molecular formula is C14H12N4O2. The van der Waals surface area contributed by atoms with Crippen LogP contribution in [-0.2, 0) is 0 Å². The quantitative estimate of drug-likeness (QED) is 0.505. The van der Waals surface area contributed by atoms with Crippen molar-refractivity contribution in [3.05, 3.63) is 57.6 Å². The number of aryl methyl sites for hydroxylation is 1. The minimum Gasteiger partial charge on any atom is -0.393 e. The van der Waals surface area contributed by atoms with E-state index in [9.17, 15) is 10.1 Å². The number of nitriles is 1. The van der Waals surface area contributed by atoms with Gasteiger partial charge < -0.3 is 11.1 Å². The van der Waals surface area contributed by atoms with Crippen LogP contribution in [0.15, 0.2) is 36.4 Å². The summed E-state index contributed by atoms with van der Waals surface area (Å²) in [6.45, 7) is 1.80. The van der Waals surface area contributed by atoms with E-state index in [-0.39, 0.29) is 17.1 Å². The van der Waals surface area contributed by atoms with Gasteiger partial charge in [0.05, 0.1) is 16.2 Å². The number of nitrogens with one attached hydrogen (secondary N) is 1. The molecule has 3 N–H and O–H groups in total. The predicted octanol–water partition coefficient (Wildman–Crippen LogP) is 3.10. The molecule has 2 aromatic carbocycles. The lowest BCUT2D eigenvalue weighted by Crippen LogP contribution is -2.02. The fourth-order valence-electron chi connectivity index (χ4n) is 1.93. The molecule has 0 unspecified atom stereocenters. The lowest BCUT2D eigenvalue weighted by atomic mass is 10.1. The number of para-hydroxylation sites is 1. The van der Waals surface area contributed by atoms with Crippen LogP contribution in [0.25, 0.3) is 0 Å². The molecule has 0 aliphatic rings. The summed E-state index contributed by atoms with van der Waals surface area (Å²) in [5.74, 6) is 0. The highest BCUT2D eigenvalue weighted by atomic mass is 16.6. The van der Waals surface area contributed by atoms with E-state index in [0.29, 0.717) is 11.3 Å². The van der Waals surface area contributed by atoms with Crippen LogP contribution in [0.2, 0.25) is 0 Å². The van der Waals surface area contributed by atoms with Crippen LogP contribution in [0.5, 0.6) is 0 Å². The first kappa shape index (κ1) is 13.4. The minimum absolute atomic E-state index is 0.0751. The SMILES string of the molecule is Cc1cccc(Nc2cccc(N)c2[N+](=O)[O-])c1C#N. The van der Waals surface area contributed by atoms with Gasteiger partial charge in [-0.3, -0.25) is 10.1 Å². The number of nitro benzene ring substituents is 1. The van der Waals surface area contributed by atoms with Crippen molar-refractivity contribution < 1.29 is 4.92 Å². The molecule has 6 heteroatoms. The number of hydrogen-bond donors (Lipinski definition) is 2. The Labute approximate surface area is 115 Å². The molecule has 20 heavy (non-hydrogen) atoms. The summed E-state index contributed by atoms with van der Waals surface area (Å²) in [5.41, 5.74) is 7.53. The average Bonchev–Trinajstić information content (AvgIpc) is 2.38. The highest BCUT2D eigenvalue weighted by molar-refractivity contribution is 5.80. The standard InChI is InChI=1S/C14H12N4O2/c1-9-4-2-6-12(10(9)8-15)17-13-7-3-5-11(16)14(13)18(19)20/h2-7,17H,16H2,1H3. The number of rotatable bonds is 3. The molecule has 0 saturated heterocycles. The van der Waals surface area contributed by atoms with E-state index in [1.807, 2.05) is 0 Å². The number of hydrogen-bond acceptors (Lipinski definition) is 5. The highest BCUT2D eigenvalue weighted by Crippen LogP contribution is 2.33. The van der Waals surface area contributed by atoms with Gasteiger partial charge in [0.15, 0.2) is 0 Å². The molecule has 0 saturated carbocycles. The average molecular weight is 268 g/mol. The highest BCUT2D eigenvalue weighted by Gasteiger charge is 2.18. The van der Waals surface area contributed by atoms with Gasteiger partial charge in [-0.2, -0.15) is 5.26 Å². The molecular weight excluding hydrogens is 256 g/mol. The van der Waals surface area contributed by atoms with Crippen molar-refractivity contribution in [3.63, 3.8) is 0 Å². The van der Waals surface area contributed by atoms with Crippen LogP contribution < -0.4 is 11.1 Å². The van der Waals surface area contributed by atoms with Crippen molar-refractivity contribution in [1.29, 1.82) is 5.26 Å². The smallest absolute Gasteiger partial charge is 0.315 e. The monoisotopic (exact) mass is 268 g/mol. The van der Waals surface area contributed by atoms with Crippen LogP contribution in [0.4, 0.5) is 22.7 Å². The van der Waals surface area contributed by atoms with Gasteiger partial charge in [-0.15, -0.1) is 0 Å². The molecule has 0 aliphatic carbocycles. The summed E-state index contributed by atoms with van der Waals surface area (Å²) in [6, 6.07) is 12.0. The van der Waals surface area contributed by atoms with Crippen molar-refractivity contribution in [3.8, 4) is 6.07 Å². The van der Waals surface area contributed by atoms with E-state index >= 15 is 0 Å². The molecule has 0 atom stereocenters. The van der Waals surface area contributed by atoms with E-state index in [1.165, 1.54) is 6.07 Å². The maximum Gasteiger partial charge on any atom is 0.315 e. The van der Waals surface area contributed by atoms with Crippen molar-refractivity contribution >= 4 is 22.7 Å². The van der Waals surface area contributed by atoms with Crippen molar-refractivity contribution in [2.24, 2.45) is 0 Å². The van der Waals surface area contributed by atoms with Crippen molar-refractivity contribution in [1.82, 2.24) is 0 Å². The summed E-state index contributed by atoms with van der Waals surface area (Å²) in [6.07, 6.45) is 0. The molecule has 0 spiro atoms. The van der Waals surface area contributed by atoms with Gasteiger partial charge in [0.1, 0.15) is 17.4 Å². The third-order valence-electron chi connectivity index (χ3n) is 2.90. The van der Waals surface area contributed by atoms with Crippen LogP contribution in [0.1, 0.15) is 11.1 Å². The Morgan fingerprint density at radius 2 is 1.90 bits per heavy atom. The first-order valence-electron chi connectivity index (χ1n) is 5.84. The maximum atomic E-state index is 11.1. The number of nitrogen functional groups attached to an aromatic ring is 1. The first-order valence-corrected chi connectivity index (χ1v) is 5.84. The van der Waals surface area contributed by atoms with Gasteiger partial charge in [-0.1, -0.05) is 18.2 Å². The lowest BCUT2D eigenvalue weighted by molar-refractivity contribution is -0.383. The largest absolute Gasteiger partial charge is 0.393 e. The molecule has 2 aromatic rings. The number of nitro groups is 1. The van der Waals surface area contributed by atoms with E-state index in [4.69, 9.17) is 11.0 Å². The van der Waals surface area contributed by atoms with E-state index in [1.54, 1.807) is 37.3 Å². The Bertz CT molecular complexity index is 720. The minimum atomic E-state index is -0.542. The Morgan fingerprint density at radius 3 is 2.55 bits per heavy atom. The Balaban J connectivity index is 2.52. The van der Waals surface area contributed by atoms with Crippen LogP contribution in [0, 0.1) is 28.4 Å². The van der Waals surface area contributed by atoms with E-state index < -0.39 is 4.92 Å². The molecule has 0 amide bonds. The number of nitrogens with two attached hydrogens (primary N) is 1. The summed E-state index contributed by atoms with van der Waals surface area (Å²) >= 11 is 0. The van der Waals surface area contributed by atoms with Gasteiger partial charge in [-0.05, 0) is 30.7 Å². The third-order valence-corrected chi connectivity index (χ3v) is 2.90. The zero-order valence-electron chi connectivity index (χ0n) is 10.8. The molecule has 2 rings (SSSR count). The zero-order valence-corrected chi connectivity index (χ0v) is 10.8. The summed E-state index contributed by atoms with van der Waals surface area (Å²) < 4.78 is 0. The number of benzene rings is 2. The van der Waals surface area contributed by atoms with Crippen molar-refractivity contribution in [2.75, 3.05) is 11.1 Å². The topological polar surface area (TPSA) is 105 Å². The van der Waals surface area contributed by atoms with E-state index in [2.05, 4.69) is 11.4 Å². The molecule has 100 valence electrons. The van der Waals surface area contributed by atoms with Crippen LogP contribution in [0.3, 0.4) is 0 Å². The molecule has 0 fully saturated rings. The Hall–Kier alpha value is -3.07. The number of nitrogens with zero attached hydrogens (tertiary/aromatic N) is 2. The maximum absolute atomic E-state index is 11.1. The second kappa shape index (κ2) is 5.28. The normalized spacial score (nSPS) is 9.80. The Kier molecular flexibility index (Phi) is 3.53. The second-order valence-electron chi connectivity index (χ2n) is 4.23. The zero-order chi connectivity index (χ0) is 14.7. The third kappa shape index (κ3) is 2.37. The summed E-state index contributed by atoms with van der Waals surface area (Å²) in [4.78, 5) is 10.5. The van der Waals surface area contributed by atoms with Crippen molar-refractivity contribution in [2.45, 2.75) is 6.92 Å². The van der Waals surface area contributed by atoms with Gasteiger partial charge in [0.25, 0.3) is 0 Å². The van der Waals surface area contributed by atoms with Gasteiger partial charge >= 0.3 is 5.69 Å². The van der Waals surface area contributed by atoms with Gasteiger partial charge in [-0.25, -0.2) is 0 Å². The predicted molar refractivity (Wildman–Crippen MR) is 76.7 cm³/mol. The summed E-state index contributed by atoms with van der Waals surface area (Å²) in [5, 5.41) is 23.1. The second-order valence-corrected chi connectivity index (χ2v) is 4.23. The lowest BCUT2D eigenvalue weighted by Gasteiger charge is -2.11. The van der Waals surface area contributed by atoms with Gasteiger partial charge in [0.2, 0.25) is 0 Å². The number of anilines is 3. The summed E-state index contributed by atoms with van der Waals surface area (Å²) in [7, 11) is 0. The fraction of sp³-hybridized carbons (Fsp3) is 0.0714. The van der Waals surface area contributed by atoms with Gasteiger partial charge in [0, 0.05) is 0 Å². The Morgan fingerprint density at radius 1 is 1.25 bits per heavy atom. The van der Waals surface area contributed by atoms with E-state index in [0.717, 1.165) is 5.56 Å².